The number of pyridine rings is 1. The van der Waals surface area contributed by atoms with Crippen molar-refractivity contribution in [3.05, 3.63) is 41.0 Å². The van der Waals surface area contributed by atoms with Gasteiger partial charge in [-0.2, -0.15) is 0 Å². The van der Waals surface area contributed by atoms with Crippen LogP contribution < -0.4 is 5.73 Å². The van der Waals surface area contributed by atoms with E-state index in [0.29, 0.717) is 16.1 Å². The van der Waals surface area contributed by atoms with Gasteiger partial charge in [0.15, 0.2) is 10.7 Å². The van der Waals surface area contributed by atoms with Crippen LogP contribution in [0.1, 0.15) is 23.4 Å². The van der Waals surface area contributed by atoms with E-state index in [-0.39, 0.29) is 5.25 Å². The summed E-state index contributed by atoms with van der Waals surface area (Å²) in [4.78, 5) is 15.0. The number of anilines is 1. The molecule has 0 aliphatic heterocycles. The van der Waals surface area contributed by atoms with Crippen LogP contribution in [0.15, 0.2) is 34.2 Å². The fraction of sp³-hybridized carbons (Fsp3) is 0.312. The maximum absolute atomic E-state index is 5.94. The van der Waals surface area contributed by atoms with Crippen LogP contribution in [0.5, 0.6) is 0 Å². The average molecular weight is 364 g/mol. The van der Waals surface area contributed by atoms with Gasteiger partial charge in [-0.3, -0.25) is 4.98 Å². The molecule has 2 N–H and O–H groups in total. The number of hydrogen-bond acceptors (Lipinski definition) is 7. The van der Waals surface area contributed by atoms with Gasteiger partial charge in [0.2, 0.25) is 0 Å². The molecule has 0 fully saturated rings. The van der Waals surface area contributed by atoms with Crippen molar-refractivity contribution >= 4 is 40.1 Å². The van der Waals surface area contributed by atoms with Crippen LogP contribution >= 0.6 is 23.4 Å². The lowest BCUT2D eigenvalue weighted by atomic mass is 10.1. The summed E-state index contributed by atoms with van der Waals surface area (Å²) in [6.07, 6.45) is 3.54. The lowest BCUT2D eigenvalue weighted by molar-refractivity contribution is 0.401. The molecule has 0 aromatic carbocycles. The lowest BCUT2D eigenvalue weighted by Crippen LogP contribution is -2.10. The Balaban J connectivity index is 1.87. The molecule has 0 saturated carbocycles. The molecule has 126 valence electrons. The maximum Gasteiger partial charge on any atom is 0.191 e. The summed E-state index contributed by atoms with van der Waals surface area (Å²) in [6, 6.07) is 3.59. The van der Waals surface area contributed by atoms with Gasteiger partial charge in [-0.05, 0) is 27.1 Å². The van der Waals surface area contributed by atoms with Gasteiger partial charge in [0, 0.05) is 23.6 Å². The van der Waals surface area contributed by atoms with Crippen molar-refractivity contribution in [3.8, 4) is 0 Å². The molecule has 0 amide bonds. The van der Waals surface area contributed by atoms with Crippen molar-refractivity contribution in [3.63, 3.8) is 0 Å². The van der Waals surface area contributed by atoms with E-state index < -0.39 is 0 Å². The molecular formula is C16H18ClN5OS. The molecule has 1 atom stereocenters. The van der Waals surface area contributed by atoms with Crippen LogP contribution in [0.3, 0.4) is 0 Å². The molecular weight excluding hydrogens is 346 g/mol. The van der Waals surface area contributed by atoms with Crippen LogP contribution in [0, 0.1) is 0 Å². The molecule has 6 nitrogen and oxygen atoms in total. The molecule has 24 heavy (non-hydrogen) atoms. The van der Waals surface area contributed by atoms with Gasteiger partial charge in [-0.15, -0.1) is 0 Å². The minimum Gasteiger partial charge on any atom is -0.462 e. The monoisotopic (exact) mass is 363 g/mol. The molecule has 0 aliphatic carbocycles. The number of nitrogen functional groups attached to an aromatic ring is 1. The lowest BCUT2D eigenvalue weighted by Gasteiger charge is -2.11. The van der Waals surface area contributed by atoms with Crippen LogP contribution in [0.2, 0.25) is 5.15 Å². The van der Waals surface area contributed by atoms with Crippen LogP contribution in [-0.2, 0) is 6.54 Å². The maximum atomic E-state index is 5.94. The first kappa shape index (κ1) is 17.0. The fourth-order valence-electron chi connectivity index (χ4n) is 2.37. The van der Waals surface area contributed by atoms with E-state index in [9.17, 15) is 0 Å². The molecule has 3 rings (SSSR count). The Bertz CT molecular complexity index is 847. The predicted octanol–water partition coefficient (Wildman–Crippen LogP) is 3.77. The van der Waals surface area contributed by atoms with Crippen molar-refractivity contribution in [2.75, 3.05) is 19.8 Å². The second-order valence-corrected chi connectivity index (χ2v) is 7.46. The first-order chi connectivity index (χ1) is 11.4. The summed E-state index contributed by atoms with van der Waals surface area (Å²) in [6.45, 7) is 2.86. The minimum absolute atomic E-state index is 0.0503. The van der Waals surface area contributed by atoms with Crippen LogP contribution in [-0.4, -0.2) is 33.9 Å². The highest BCUT2D eigenvalue weighted by molar-refractivity contribution is 7.99. The molecule has 3 aromatic heterocycles. The number of furan rings is 1. The summed E-state index contributed by atoms with van der Waals surface area (Å²) < 4.78 is 5.58. The first-order valence-corrected chi connectivity index (χ1v) is 8.65. The Morgan fingerprint density at radius 2 is 2.12 bits per heavy atom. The van der Waals surface area contributed by atoms with E-state index in [1.807, 2.05) is 21.0 Å². The molecule has 0 saturated heterocycles. The van der Waals surface area contributed by atoms with E-state index >= 15 is 0 Å². The molecule has 0 bridgehead atoms. The Hall–Kier alpha value is -1.83. The minimum atomic E-state index is 0.0503. The molecule has 0 aliphatic rings. The fourth-order valence-corrected chi connectivity index (χ4v) is 3.49. The number of nitrogens with two attached hydrogens (primary N) is 1. The molecule has 3 aromatic rings. The SMILES string of the molecule is CC(Sc1nc(N)cc(Cl)n1)c1cc2c(CN(C)C)coc2cn1. The third kappa shape index (κ3) is 3.80. The van der Waals surface area contributed by atoms with E-state index in [4.69, 9.17) is 21.8 Å². The summed E-state index contributed by atoms with van der Waals surface area (Å²) >= 11 is 7.40. The Labute approximate surface area is 149 Å². The quantitative estimate of drug-likeness (QED) is 0.419. The largest absolute Gasteiger partial charge is 0.462 e. The van der Waals surface area contributed by atoms with Crippen molar-refractivity contribution < 1.29 is 4.42 Å². The highest BCUT2D eigenvalue weighted by Crippen LogP contribution is 2.34. The van der Waals surface area contributed by atoms with Gasteiger partial charge in [0.1, 0.15) is 11.0 Å². The van der Waals surface area contributed by atoms with Gasteiger partial charge in [-0.1, -0.05) is 23.4 Å². The summed E-state index contributed by atoms with van der Waals surface area (Å²) in [5, 5.41) is 2.00. The van der Waals surface area contributed by atoms with Crippen molar-refractivity contribution in [1.29, 1.82) is 0 Å². The van der Waals surface area contributed by atoms with Gasteiger partial charge >= 0.3 is 0 Å². The topological polar surface area (TPSA) is 81.1 Å². The average Bonchev–Trinajstić information content (AvgIpc) is 2.88. The number of aromatic nitrogens is 3. The van der Waals surface area contributed by atoms with Crippen LogP contribution in [0.4, 0.5) is 5.82 Å². The highest BCUT2D eigenvalue weighted by atomic mass is 35.5. The zero-order chi connectivity index (χ0) is 17.3. The van der Waals surface area contributed by atoms with Crippen molar-refractivity contribution in [2.45, 2.75) is 23.9 Å². The van der Waals surface area contributed by atoms with E-state index in [0.717, 1.165) is 28.8 Å². The van der Waals surface area contributed by atoms with E-state index in [1.54, 1.807) is 12.5 Å². The van der Waals surface area contributed by atoms with Gasteiger partial charge in [0.05, 0.1) is 23.4 Å². The summed E-state index contributed by atoms with van der Waals surface area (Å²) in [7, 11) is 4.06. The third-order valence-corrected chi connectivity index (χ3v) is 4.62. The number of rotatable bonds is 5. The summed E-state index contributed by atoms with van der Waals surface area (Å²) in [5.41, 5.74) is 8.57. The summed E-state index contributed by atoms with van der Waals surface area (Å²) in [5.74, 6) is 0.358. The number of hydrogen-bond donors (Lipinski definition) is 1. The molecule has 0 radical (unpaired) electrons. The standard InChI is InChI=1S/C16H18ClN5OS/c1-9(24-16-20-14(17)5-15(18)21-16)12-4-11-10(7-22(2)3)8-23-13(11)6-19-12/h4-6,8-9H,7H2,1-3H3,(H2,18,20,21). The number of fused-ring (bicyclic) bond motifs is 1. The van der Waals surface area contributed by atoms with E-state index in [1.165, 1.54) is 17.8 Å². The van der Waals surface area contributed by atoms with E-state index in [2.05, 4.69) is 25.9 Å². The second kappa shape index (κ2) is 6.96. The third-order valence-electron chi connectivity index (χ3n) is 3.44. The number of nitrogens with zero attached hydrogens (tertiary/aromatic N) is 4. The highest BCUT2D eigenvalue weighted by Gasteiger charge is 2.15. The normalized spacial score (nSPS) is 12.9. The zero-order valence-corrected chi connectivity index (χ0v) is 15.2. The Morgan fingerprint density at radius 3 is 2.83 bits per heavy atom. The Morgan fingerprint density at radius 1 is 1.33 bits per heavy atom. The smallest absolute Gasteiger partial charge is 0.191 e. The zero-order valence-electron chi connectivity index (χ0n) is 13.7. The molecule has 3 heterocycles. The number of halogens is 1. The van der Waals surface area contributed by atoms with Gasteiger partial charge in [0.25, 0.3) is 0 Å². The molecule has 0 spiro atoms. The van der Waals surface area contributed by atoms with Gasteiger partial charge in [-0.25, -0.2) is 9.97 Å². The molecule has 1 unspecified atom stereocenters. The van der Waals surface area contributed by atoms with Crippen molar-refractivity contribution in [1.82, 2.24) is 19.9 Å². The number of thioether (sulfide) groups is 1. The van der Waals surface area contributed by atoms with Crippen LogP contribution in [0.25, 0.3) is 11.0 Å². The Kier molecular flexibility index (Phi) is 4.93. The molecule has 8 heteroatoms. The predicted molar refractivity (Wildman–Crippen MR) is 97.1 cm³/mol. The second-order valence-electron chi connectivity index (χ2n) is 5.76. The van der Waals surface area contributed by atoms with Crippen molar-refractivity contribution in [2.24, 2.45) is 0 Å². The van der Waals surface area contributed by atoms with Gasteiger partial charge < -0.3 is 15.1 Å². The first-order valence-electron chi connectivity index (χ1n) is 7.40.